The van der Waals surface area contributed by atoms with E-state index in [-0.39, 0.29) is 0 Å². The van der Waals surface area contributed by atoms with Crippen LogP contribution >= 0.6 is 11.3 Å². The normalized spacial score (nSPS) is 10.5. The molecule has 22 heavy (non-hydrogen) atoms. The van der Waals surface area contributed by atoms with Crippen molar-refractivity contribution >= 4 is 28.1 Å². The van der Waals surface area contributed by atoms with Crippen LogP contribution in [0.15, 0.2) is 42.7 Å². The second-order valence-corrected chi connectivity index (χ2v) is 5.84. The highest BCUT2D eigenvalue weighted by molar-refractivity contribution is 7.18. The zero-order chi connectivity index (χ0) is 15.4. The average Bonchev–Trinajstić information content (AvgIpc) is 2.97. The number of aromatic nitrogens is 3. The van der Waals surface area contributed by atoms with E-state index in [1.165, 1.54) is 0 Å². The number of hydrogen-bond acceptors (Lipinski definition) is 6. The summed E-state index contributed by atoms with van der Waals surface area (Å²) in [6.07, 6.45) is 3.63. The largest absolute Gasteiger partial charge is 0.362 e. The van der Waals surface area contributed by atoms with Gasteiger partial charge >= 0.3 is 0 Å². The van der Waals surface area contributed by atoms with E-state index >= 15 is 0 Å². The van der Waals surface area contributed by atoms with Gasteiger partial charge in [-0.15, -0.1) is 0 Å². The molecule has 0 spiro atoms. The summed E-state index contributed by atoms with van der Waals surface area (Å²) in [5.74, 6) is 1.57. The maximum absolute atomic E-state index is 4.63. The van der Waals surface area contributed by atoms with Crippen molar-refractivity contribution in [1.82, 2.24) is 15.0 Å². The monoisotopic (exact) mass is 311 g/mol. The number of nitrogens with one attached hydrogen (secondary N) is 2. The van der Waals surface area contributed by atoms with Gasteiger partial charge in [-0.1, -0.05) is 17.4 Å². The fourth-order valence-corrected chi connectivity index (χ4v) is 2.86. The number of hydrogen-bond donors (Lipinski definition) is 2. The van der Waals surface area contributed by atoms with Crippen molar-refractivity contribution in [2.45, 2.75) is 13.8 Å². The van der Waals surface area contributed by atoms with Crippen LogP contribution in [0, 0.1) is 6.92 Å². The summed E-state index contributed by atoms with van der Waals surface area (Å²) in [5, 5.41) is 7.36. The number of pyridine rings is 2. The van der Waals surface area contributed by atoms with Crippen molar-refractivity contribution in [1.29, 1.82) is 0 Å². The van der Waals surface area contributed by atoms with Crippen LogP contribution in [0.4, 0.5) is 16.8 Å². The van der Waals surface area contributed by atoms with Gasteiger partial charge in [-0.3, -0.25) is 0 Å². The van der Waals surface area contributed by atoms with Crippen LogP contribution in [0.2, 0.25) is 0 Å². The minimum atomic E-state index is 0.772. The van der Waals surface area contributed by atoms with Crippen molar-refractivity contribution < 1.29 is 0 Å². The van der Waals surface area contributed by atoms with E-state index in [1.54, 1.807) is 17.5 Å². The number of aryl methyl sites for hydroxylation is 1. The molecule has 0 radical (unpaired) electrons. The van der Waals surface area contributed by atoms with Crippen molar-refractivity contribution in [3.8, 4) is 10.6 Å². The van der Waals surface area contributed by atoms with E-state index in [2.05, 4.69) is 32.5 Å². The zero-order valence-electron chi connectivity index (χ0n) is 12.5. The quantitative estimate of drug-likeness (QED) is 0.743. The van der Waals surface area contributed by atoms with E-state index in [1.807, 2.05) is 43.5 Å². The predicted octanol–water partition coefficient (Wildman–Crippen LogP) is 4.08. The van der Waals surface area contributed by atoms with Gasteiger partial charge in [-0.05, 0) is 43.7 Å². The Labute approximate surface area is 133 Å². The van der Waals surface area contributed by atoms with Gasteiger partial charge in [-0.25, -0.2) is 15.0 Å². The number of nitrogens with zero attached hydrogens (tertiary/aromatic N) is 3. The summed E-state index contributed by atoms with van der Waals surface area (Å²) >= 11 is 1.60. The number of thiazole rings is 1. The van der Waals surface area contributed by atoms with Crippen LogP contribution in [0.3, 0.4) is 0 Å². The highest BCUT2D eigenvalue weighted by atomic mass is 32.1. The Bertz CT molecular complexity index is 768. The Hall–Kier alpha value is -2.47. The molecule has 0 bridgehead atoms. The molecule has 0 unspecified atom stereocenters. The lowest BCUT2D eigenvalue weighted by molar-refractivity contribution is 1.19. The molecule has 5 nitrogen and oxygen atoms in total. The molecule has 0 saturated carbocycles. The minimum absolute atomic E-state index is 0.772. The van der Waals surface area contributed by atoms with Crippen LogP contribution in [0.1, 0.15) is 12.5 Å². The third-order valence-electron chi connectivity index (χ3n) is 3.01. The average molecular weight is 311 g/mol. The molecule has 0 aliphatic heterocycles. The first kappa shape index (κ1) is 14.5. The van der Waals surface area contributed by atoms with Crippen LogP contribution in [-0.2, 0) is 0 Å². The molecule has 2 N–H and O–H groups in total. The van der Waals surface area contributed by atoms with Gasteiger partial charge in [0.1, 0.15) is 11.6 Å². The second kappa shape index (κ2) is 6.53. The molecule has 0 amide bonds. The third kappa shape index (κ3) is 3.40. The standard InChI is InChI=1S/C16H17N5S/c1-3-17-16-19-10-13(22-16)12-5-4-6-14(20-12)21-15-9-11(2)7-8-18-15/h4-10H,3H2,1-2H3,(H,17,19)(H,18,20,21). The van der Waals surface area contributed by atoms with Crippen molar-refractivity contribution in [3.63, 3.8) is 0 Å². The summed E-state index contributed by atoms with van der Waals surface area (Å²) in [5.41, 5.74) is 2.06. The molecule has 3 aromatic rings. The Morgan fingerprint density at radius 2 is 2.05 bits per heavy atom. The molecule has 3 rings (SSSR count). The van der Waals surface area contributed by atoms with Crippen LogP contribution in [-0.4, -0.2) is 21.5 Å². The Morgan fingerprint density at radius 1 is 1.14 bits per heavy atom. The summed E-state index contributed by atoms with van der Waals surface area (Å²) in [6, 6.07) is 9.85. The summed E-state index contributed by atoms with van der Waals surface area (Å²) in [6.45, 7) is 4.95. The fourth-order valence-electron chi connectivity index (χ4n) is 2.00. The molecule has 0 aliphatic rings. The summed E-state index contributed by atoms with van der Waals surface area (Å²) in [7, 11) is 0. The predicted molar refractivity (Wildman–Crippen MR) is 91.8 cm³/mol. The Balaban J connectivity index is 1.82. The smallest absolute Gasteiger partial charge is 0.183 e. The molecule has 3 heterocycles. The lowest BCUT2D eigenvalue weighted by Gasteiger charge is -2.06. The van der Waals surface area contributed by atoms with Crippen LogP contribution in [0.25, 0.3) is 10.6 Å². The molecular formula is C16H17N5S. The summed E-state index contributed by atoms with van der Waals surface area (Å²) in [4.78, 5) is 14.3. The minimum Gasteiger partial charge on any atom is -0.362 e. The lowest BCUT2D eigenvalue weighted by Crippen LogP contribution is -1.96. The molecule has 0 atom stereocenters. The van der Waals surface area contributed by atoms with Gasteiger partial charge < -0.3 is 10.6 Å². The highest BCUT2D eigenvalue weighted by Gasteiger charge is 2.06. The molecule has 6 heteroatoms. The molecule has 3 aromatic heterocycles. The second-order valence-electron chi connectivity index (χ2n) is 4.81. The third-order valence-corrected chi connectivity index (χ3v) is 3.98. The van der Waals surface area contributed by atoms with Gasteiger partial charge in [0.2, 0.25) is 0 Å². The SMILES string of the molecule is CCNc1ncc(-c2cccc(Nc3cc(C)ccn3)n2)s1. The zero-order valence-corrected chi connectivity index (χ0v) is 13.3. The van der Waals surface area contributed by atoms with Crippen molar-refractivity contribution in [3.05, 3.63) is 48.3 Å². The van der Waals surface area contributed by atoms with E-state index < -0.39 is 0 Å². The van der Waals surface area contributed by atoms with E-state index in [4.69, 9.17) is 0 Å². The summed E-state index contributed by atoms with van der Waals surface area (Å²) < 4.78 is 0. The number of anilines is 3. The lowest BCUT2D eigenvalue weighted by atomic mass is 10.3. The molecule has 0 aromatic carbocycles. The molecule has 0 saturated heterocycles. The maximum atomic E-state index is 4.63. The highest BCUT2D eigenvalue weighted by Crippen LogP contribution is 2.28. The Kier molecular flexibility index (Phi) is 4.29. The number of rotatable bonds is 5. The van der Waals surface area contributed by atoms with E-state index in [0.29, 0.717) is 0 Å². The first-order valence-corrected chi connectivity index (χ1v) is 7.93. The van der Waals surface area contributed by atoms with Crippen molar-refractivity contribution in [2.75, 3.05) is 17.2 Å². The van der Waals surface area contributed by atoms with E-state index in [0.717, 1.165) is 39.4 Å². The van der Waals surface area contributed by atoms with Gasteiger partial charge in [-0.2, -0.15) is 0 Å². The fraction of sp³-hybridized carbons (Fsp3) is 0.188. The molecular weight excluding hydrogens is 294 g/mol. The maximum Gasteiger partial charge on any atom is 0.183 e. The first-order chi connectivity index (χ1) is 10.7. The van der Waals surface area contributed by atoms with Gasteiger partial charge in [0.25, 0.3) is 0 Å². The van der Waals surface area contributed by atoms with Gasteiger partial charge in [0, 0.05) is 18.9 Å². The van der Waals surface area contributed by atoms with Crippen molar-refractivity contribution in [2.24, 2.45) is 0 Å². The first-order valence-electron chi connectivity index (χ1n) is 7.11. The van der Waals surface area contributed by atoms with Gasteiger partial charge in [0.05, 0.1) is 10.6 Å². The van der Waals surface area contributed by atoms with E-state index in [9.17, 15) is 0 Å². The Morgan fingerprint density at radius 3 is 2.86 bits per heavy atom. The van der Waals surface area contributed by atoms with Crippen LogP contribution in [0.5, 0.6) is 0 Å². The molecule has 0 fully saturated rings. The molecule has 112 valence electrons. The molecule has 0 aliphatic carbocycles. The topological polar surface area (TPSA) is 62.7 Å². The van der Waals surface area contributed by atoms with Gasteiger partial charge in [0.15, 0.2) is 5.13 Å². The van der Waals surface area contributed by atoms with Crippen LogP contribution < -0.4 is 10.6 Å².